The van der Waals surface area contributed by atoms with Gasteiger partial charge in [-0.15, -0.1) is 0 Å². The quantitative estimate of drug-likeness (QED) is 0.123. The van der Waals surface area contributed by atoms with Crippen LogP contribution in [0.25, 0.3) is 22.3 Å². The number of nitrogens with zero attached hydrogens (tertiary/aromatic N) is 2. The number of benzene rings is 1. The zero-order valence-corrected chi connectivity index (χ0v) is 36.9. The number of ether oxygens (including phenoxy) is 4. The summed E-state index contributed by atoms with van der Waals surface area (Å²) in [5, 5.41) is 36.0. The van der Waals surface area contributed by atoms with Crippen LogP contribution in [0.1, 0.15) is 121 Å². The van der Waals surface area contributed by atoms with E-state index in [0.717, 1.165) is 42.2 Å². The fraction of sp³-hybridized carbons (Fsp3) is 0.653. The van der Waals surface area contributed by atoms with Gasteiger partial charge >= 0.3 is 17.9 Å². The van der Waals surface area contributed by atoms with E-state index in [4.69, 9.17) is 23.9 Å². The van der Waals surface area contributed by atoms with Crippen molar-refractivity contribution in [2.24, 2.45) is 46.3 Å². The number of carbonyl (C=O) groups excluding carboxylic acids is 3. The Kier molecular flexibility index (Phi) is 10.9. The van der Waals surface area contributed by atoms with Crippen molar-refractivity contribution < 1.29 is 48.7 Å². The number of cyclic esters (lactones) is 1. The molecule has 13 heteroatoms. The molecule has 9 rings (SSSR count). The SMILES string of the molecule is CCc1c2c(nc3ccc(OCC(=O)O[C@H]4CC[C@]5(C)C(C4)C[C@H](O)C4C5C[C@@H](O)[C@]5(C)C4CCC5[C@@H](C)CCC(=O)OC)cc13)-c1cc3c(c(=O)n1C2)COC(=O)[C@]3(O)CC. The first kappa shape index (κ1) is 42.9. The monoisotopic (exact) mass is 854 g/mol. The number of hydrogen-bond donors (Lipinski definition) is 3. The Balaban J connectivity index is 0.857. The molecule has 3 aromatic rings. The summed E-state index contributed by atoms with van der Waals surface area (Å²) < 4.78 is 23.9. The Morgan fingerprint density at radius 3 is 2.55 bits per heavy atom. The van der Waals surface area contributed by atoms with Crippen LogP contribution >= 0.6 is 0 Å². The fourth-order valence-corrected chi connectivity index (χ4v) is 13.9. The van der Waals surface area contributed by atoms with Crippen LogP contribution in [0.15, 0.2) is 29.1 Å². The van der Waals surface area contributed by atoms with Gasteiger partial charge in [-0.2, -0.15) is 0 Å². The van der Waals surface area contributed by atoms with E-state index in [2.05, 4.69) is 20.8 Å². The Morgan fingerprint density at radius 2 is 1.81 bits per heavy atom. The topological polar surface area (TPSA) is 184 Å². The summed E-state index contributed by atoms with van der Waals surface area (Å²) in [6.45, 7) is 10.3. The third-order valence-corrected chi connectivity index (χ3v) is 17.3. The molecule has 0 radical (unpaired) electrons. The lowest BCUT2D eigenvalue weighted by Crippen LogP contribution is -2.62. The van der Waals surface area contributed by atoms with Crippen molar-refractivity contribution in [3.63, 3.8) is 0 Å². The minimum atomic E-state index is -1.90. The number of pyridine rings is 2. The first-order valence-corrected chi connectivity index (χ1v) is 22.9. The molecular formula is C49H62N2O11. The minimum absolute atomic E-state index is 0.0670. The lowest BCUT2D eigenvalue weighted by Gasteiger charge is -2.63. The van der Waals surface area contributed by atoms with Gasteiger partial charge in [0, 0.05) is 22.9 Å². The number of esters is 3. The molecule has 3 N–H and O–H groups in total. The second kappa shape index (κ2) is 15.7. The number of aliphatic hydroxyl groups excluding tert-OH is 2. The van der Waals surface area contributed by atoms with Crippen molar-refractivity contribution in [2.75, 3.05) is 13.7 Å². The summed E-state index contributed by atoms with van der Waals surface area (Å²) in [4.78, 5) is 56.6. The smallest absolute Gasteiger partial charge is 0.344 e. The lowest BCUT2D eigenvalue weighted by molar-refractivity contribution is -0.209. The molecule has 13 nitrogen and oxygen atoms in total. The van der Waals surface area contributed by atoms with E-state index in [1.54, 1.807) is 23.6 Å². The van der Waals surface area contributed by atoms with E-state index in [0.29, 0.717) is 67.7 Å². The molecule has 4 saturated carbocycles. The largest absolute Gasteiger partial charge is 0.482 e. The number of methoxy groups -OCH3 is 1. The molecule has 5 unspecified atom stereocenters. The molecule has 0 spiro atoms. The summed E-state index contributed by atoms with van der Waals surface area (Å²) >= 11 is 0. The van der Waals surface area contributed by atoms with Crippen LogP contribution in [-0.2, 0) is 53.8 Å². The molecule has 4 aliphatic carbocycles. The van der Waals surface area contributed by atoms with Crippen LogP contribution in [0.3, 0.4) is 0 Å². The lowest BCUT2D eigenvalue weighted by atomic mass is 9.43. The van der Waals surface area contributed by atoms with Crippen LogP contribution in [0.4, 0.5) is 0 Å². The van der Waals surface area contributed by atoms with Crippen molar-refractivity contribution in [1.82, 2.24) is 9.55 Å². The second-order valence-electron chi connectivity index (χ2n) is 19.9. The molecule has 334 valence electrons. The summed E-state index contributed by atoms with van der Waals surface area (Å²) in [6.07, 6.45) is 6.03. The number of fused-ring (bicyclic) bond motifs is 10. The number of rotatable bonds is 10. The minimum Gasteiger partial charge on any atom is -0.482 e. The van der Waals surface area contributed by atoms with Gasteiger partial charge < -0.3 is 38.8 Å². The van der Waals surface area contributed by atoms with Crippen LogP contribution in [-0.4, -0.2) is 74.8 Å². The normalized spacial score (nSPS) is 34.8. The number of aryl methyl sites for hydroxylation is 1. The van der Waals surface area contributed by atoms with Gasteiger partial charge in [-0.05, 0) is 140 Å². The maximum absolute atomic E-state index is 13.7. The van der Waals surface area contributed by atoms with E-state index >= 15 is 0 Å². The van der Waals surface area contributed by atoms with Gasteiger partial charge in [0.25, 0.3) is 5.56 Å². The third kappa shape index (κ3) is 6.53. The molecule has 0 amide bonds. The fourth-order valence-electron chi connectivity index (χ4n) is 13.9. The first-order chi connectivity index (χ1) is 29.6. The predicted octanol–water partition coefficient (Wildman–Crippen LogP) is 6.12. The molecule has 1 aromatic carbocycles. The zero-order valence-electron chi connectivity index (χ0n) is 36.9. The van der Waals surface area contributed by atoms with Crippen molar-refractivity contribution in [2.45, 2.75) is 142 Å². The summed E-state index contributed by atoms with van der Waals surface area (Å²) in [5.41, 5.74) is 1.70. The highest BCUT2D eigenvalue weighted by atomic mass is 16.6. The Hall–Kier alpha value is -4.33. The van der Waals surface area contributed by atoms with Crippen molar-refractivity contribution in [1.29, 1.82) is 0 Å². The molecule has 62 heavy (non-hydrogen) atoms. The van der Waals surface area contributed by atoms with Gasteiger partial charge in [0.05, 0.1) is 48.3 Å². The number of carbonyl (C=O) groups is 3. The molecular weight excluding hydrogens is 793 g/mol. The number of aromatic nitrogens is 2. The van der Waals surface area contributed by atoms with E-state index in [1.165, 1.54) is 7.11 Å². The third-order valence-electron chi connectivity index (χ3n) is 17.3. The predicted molar refractivity (Wildman–Crippen MR) is 228 cm³/mol. The Bertz CT molecular complexity index is 2380. The van der Waals surface area contributed by atoms with Crippen molar-refractivity contribution in [3.05, 3.63) is 56.9 Å². The molecule has 4 fully saturated rings. The highest BCUT2D eigenvalue weighted by molar-refractivity contribution is 5.90. The average Bonchev–Trinajstić information content (AvgIpc) is 3.81. The molecule has 4 heterocycles. The molecule has 6 aliphatic rings. The van der Waals surface area contributed by atoms with Gasteiger partial charge in [-0.1, -0.05) is 34.6 Å². The Labute approximate surface area is 362 Å². The van der Waals surface area contributed by atoms with E-state index < -0.39 is 29.7 Å². The molecule has 12 atom stereocenters. The van der Waals surface area contributed by atoms with Gasteiger partial charge in [-0.25, -0.2) is 14.6 Å². The van der Waals surface area contributed by atoms with E-state index in [9.17, 15) is 34.5 Å². The maximum atomic E-state index is 13.7. The van der Waals surface area contributed by atoms with Crippen molar-refractivity contribution >= 4 is 28.8 Å². The van der Waals surface area contributed by atoms with Crippen LogP contribution in [0.5, 0.6) is 5.75 Å². The molecule has 0 saturated heterocycles. The maximum Gasteiger partial charge on any atom is 0.344 e. The first-order valence-electron chi connectivity index (χ1n) is 22.9. The van der Waals surface area contributed by atoms with E-state index in [1.807, 2.05) is 19.1 Å². The van der Waals surface area contributed by atoms with Crippen molar-refractivity contribution in [3.8, 4) is 17.1 Å². The Morgan fingerprint density at radius 1 is 1.02 bits per heavy atom. The van der Waals surface area contributed by atoms with Gasteiger partial charge in [0.1, 0.15) is 18.5 Å². The van der Waals surface area contributed by atoms with Crippen LogP contribution < -0.4 is 10.3 Å². The highest BCUT2D eigenvalue weighted by Gasteiger charge is 2.66. The summed E-state index contributed by atoms with van der Waals surface area (Å²) in [6, 6.07) is 7.19. The molecule has 2 aliphatic heterocycles. The highest BCUT2D eigenvalue weighted by Crippen LogP contribution is 2.68. The van der Waals surface area contributed by atoms with Crippen LogP contribution in [0, 0.1) is 46.3 Å². The van der Waals surface area contributed by atoms with Gasteiger partial charge in [-0.3, -0.25) is 9.59 Å². The second-order valence-corrected chi connectivity index (χ2v) is 19.9. The summed E-state index contributed by atoms with van der Waals surface area (Å²) in [7, 11) is 1.42. The van der Waals surface area contributed by atoms with Crippen LogP contribution in [0.2, 0.25) is 0 Å². The van der Waals surface area contributed by atoms with Gasteiger partial charge in [0.2, 0.25) is 0 Å². The van der Waals surface area contributed by atoms with E-state index in [-0.39, 0.29) is 94.7 Å². The average molecular weight is 855 g/mol. The molecule has 2 aromatic heterocycles. The zero-order chi connectivity index (χ0) is 44.0. The standard InChI is InChI=1S/C49H62N2O11/c1-7-29-30-19-27(10-13-37(30)50-44-31(29)22-51-38(44)20-35-32(45(51)56)23-61-46(57)49(35,58)8-2)60-24-42(55)62-28-15-16-47(4)26(17-28)18-39(52)43-34-12-11-33(25(3)9-14-41(54)59-6)48(34,5)40(53)21-36(43)47/h10,13,19-20,25-26,28,33-34,36,39-40,43,52-53,58H,7-9,11-12,14-18,21-24H2,1-6H3/t25-,26?,28-,33?,34?,36?,39-,40+,43?,47+,48-,49-/m0/s1. The molecule has 0 bridgehead atoms. The summed E-state index contributed by atoms with van der Waals surface area (Å²) in [5.74, 6) is 0.254. The number of aliphatic hydroxyl groups is 3. The number of hydrogen-bond acceptors (Lipinski definition) is 12. The van der Waals surface area contributed by atoms with Gasteiger partial charge in [0.15, 0.2) is 12.2 Å².